The number of carbonyl (C=O) groups is 1. The van der Waals surface area contributed by atoms with Crippen molar-refractivity contribution in [3.05, 3.63) is 39.4 Å². The lowest BCUT2D eigenvalue weighted by Gasteiger charge is -1.97. The average molecular weight is 268 g/mol. The summed E-state index contributed by atoms with van der Waals surface area (Å²) in [4.78, 5) is 19.9. The molecular formula is C12H10F2N2O3. The molecule has 1 N–H and O–H groups in total. The van der Waals surface area contributed by atoms with Gasteiger partial charge < -0.3 is 5.32 Å². The van der Waals surface area contributed by atoms with Crippen LogP contribution in [0.1, 0.15) is 18.9 Å². The number of amides is 1. The van der Waals surface area contributed by atoms with E-state index >= 15 is 0 Å². The first-order valence-corrected chi connectivity index (χ1v) is 5.28. The van der Waals surface area contributed by atoms with Gasteiger partial charge in [0.2, 0.25) is 11.7 Å². The maximum absolute atomic E-state index is 13.4. The fraction of sp³-hybridized carbons (Fsp3) is 0.250. The molecule has 0 bridgehead atoms. The Kier molecular flexibility index (Phi) is 4.94. The fourth-order valence-corrected chi connectivity index (χ4v) is 1.23. The van der Waals surface area contributed by atoms with Gasteiger partial charge in [-0.3, -0.25) is 14.9 Å². The molecule has 1 aromatic rings. The molecule has 100 valence electrons. The Hall–Kier alpha value is -2.49. The number of rotatable bonds is 3. The summed E-state index contributed by atoms with van der Waals surface area (Å²) in [7, 11) is 0. The highest BCUT2D eigenvalue weighted by Gasteiger charge is 2.17. The number of nitrogens with one attached hydrogen (secondary N) is 1. The molecule has 1 rings (SSSR count). The van der Waals surface area contributed by atoms with Gasteiger partial charge in [0.05, 0.1) is 16.6 Å². The zero-order valence-corrected chi connectivity index (χ0v) is 10.00. The van der Waals surface area contributed by atoms with Crippen molar-refractivity contribution >= 4 is 11.6 Å². The van der Waals surface area contributed by atoms with Gasteiger partial charge in [-0.2, -0.15) is 4.39 Å². The first-order valence-electron chi connectivity index (χ1n) is 5.28. The molecule has 0 aliphatic heterocycles. The van der Waals surface area contributed by atoms with E-state index in [0.29, 0.717) is 18.7 Å². The van der Waals surface area contributed by atoms with Crippen LogP contribution in [0.15, 0.2) is 12.1 Å². The minimum absolute atomic E-state index is 0.214. The van der Waals surface area contributed by atoms with Gasteiger partial charge in [-0.1, -0.05) is 11.8 Å². The number of nitro groups is 1. The smallest absolute Gasteiger partial charge is 0.307 e. The van der Waals surface area contributed by atoms with Crippen molar-refractivity contribution in [2.75, 3.05) is 6.54 Å². The Morgan fingerprint density at radius 1 is 1.42 bits per heavy atom. The average Bonchev–Trinajstić information content (AvgIpc) is 2.31. The fourth-order valence-electron chi connectivity index (χ4n) is 1.23. The van der Waals surface area contributed by atoms with Crippen molar-refractivity contribution in [1.82, 2.24) is 5.32 Å². The first kappa shape index (κ1) is 14.6. The quantitative estimate of drug-likeness (QED) is 0.393. The molecule has 0 aromatic heterocycles. The molecule has 0 radical (unpaired) electrons. The third kappa shape index (κ3) is 4.35. The van der Waals surface area contributed by atoms with E-state index in [0.717, 1.165) is 0 Å². The van der Waals surface area contributed by atoms with Gasteiger partial charge in [-0.25, -0.2) is 4.39 Å². The van der Waals surface area contributed by atoms with Crippen LogP contribution in [0.5, 0.6) is 0 Å². The molecule has 0 atom stereocenters. The number of hydrogen-bond acceptors (Lipinski definition) is 3. The van der Waals surface area contributed by atoms with Gasteiger partial charge in [0.15, 0.2) is 0 Å². The minimum Gasteiger partial charge on any atom is -0.355 e. The standard InChI is InChI=1S/C12H10F2N2O3/c1-8(17)15-5-3-2-4-9-6-11(14)12(16(18)19)7-10(9)13/h6-7H,3,5H2,1H3,(H,15,17). The number of hydrogen-bond donors (Lipinski definition) is 1. The molecule has 0 unspecified atom stereocenters. The number of benzene rings is 1. The predicted molar refractivity (Wildman–Crippen MR) is 63.2 cm³/mol. The molecule has 1 amide bonds. The maximum atomic E-state index is 13.4. The second kappa shape index (κ2) is 6.44. The molecule has 0 aliphatic carbocycles. The lowest BCUT2D eigenvalue weighted by molar-refractivity contribution is -0.387. The first-order chi connectivity index (χ1) is 8.91. The summed E-state index contributed by atoms with van der Waals surface area (Å²) in [6.07, 6.45) is 0.262. The van der Waals surface area contributed by atoms with Gasteiger partial charge in [0.1, 0.15) is 5.82 Å². The molecule has 7 heteroatoms. The Balaban J connectivity index is 2.80. The van der Waals surface area contributed by atoms with E-state index in [1.165, 1.54) is 6.92 Å². The van der Waals surface area contributed by atoms with Gasteiger partial charge >= 0.3 is 5.69 Å². The molecule has 0 heterocycles. The summed E-state index contributed by atoms with van der Waals surface area (Å²) in [5, 5.41) is 12.9. The van der Waals surface area contributed by atoms with Gasteiger partial charge in [0, 0.05) is 19.9 Å². The number of nitrogens with zero attached hydrogens (tertiary/aromatic N) is 1. The molecule has 0 spiro atoms. The zero-order chi connectivity index (χ0) is 14.4. The van der Waals surface area contributed by atoms with Crippen LogP contribution in [-0.2, 0) is 4.79 Å². The molecule has 5 nitrogen and oxygen atoms in total. The zero-order valence-electron chi connectivity index (χ0n) is 10.00. The van der Waals surface area contributed by atoms with Crippen molar-refractivity contribution in [3.8, 4) is 11.8 Å². The van der Waals surface area contributed by atoms with E-state index in [4.69, 9.17) is 0 Å². The van der Waals surface area contributed by atoms with E-state index in [2.05, 4.69) is 17.2 Å². The maximum Gasteiger partial charge on any atom is 0.307 e. The monoisotopic (exact) mass is 268 g/mol. The molecular weight excluding hydrogens is 258 g/mol. The molecule has 1 aromatic carbocycles. The number of carbonyl (C=O) groups excluding carboxylic acids is 1. The Labute approximate surface area is 107 Å². The van der Waals surface area contributed by atoms with Crippen LogP contribution < -0.4 is 5.32 Å². The predicted octanol–water partition coefficient (Wildman–Crippen LogP) is 1.75. The van der Waals surface area contributed by atoms with Crippen LogP contribution in [0.2, 0.25) is 0 Å². The lowest BCUT2D eigenvalue weighted by Crippen LogP contribution is -2.20. The van der Waals surface area contributed by atoms with Crippen molar-refractivity contribution in [2.45, 2.75) is 13.3 Å². The van der Waals surface area contributed by atoms with Crippen molar-refractivity contribution in [3.63, 3.8) is 0 Å². The van der Waals surface area contributed by atoms with E-state index in [1.54, 1.807) is 0 Å². The summed E-state index contributed by atoms with van der Waals surface area (Å²) >= 11 is 0. The summed E-state index contributed by atoms with van der Waals surface area (Å²) in [5.74, 6) is 2.57. The highest BCUT2D eigenvalue weighted by molar-refractivity contribution is 5.72. The topological polar surface area (TPSA) is 72.2 Å². The largest absolute Gasteiger partial charge is 0.355 e. The van der Waals surface area contributed by atoms with Crippen LogP contribution in [-0.4, -0.2) is 17.4 Å². The molecule has 0 saturated carbocycles. The minimum atomic E-state index is -1.14. The van der Waals surface area contributed by atoms with Crippen LogP contribution in [0.4, 0.5) is 14.5 Å². The lowest BCUT2D eigenvalue weighted by atomic mass is 10.2. The van der Waals surface area contributed by atoms with E-state index < -0.39 is 22.2 Å². The second-order valence-corrected chi connectivity index (χ2v) is 3.58. The van der Waals surface area contributed by atoms with E-state index in [-0.39, 0.29) is 17.9 Å². The van der Waals surface area contributed by atoms with E-state index in [1.807, 2.05) is 0 Å². The Morgan fingerprint density at radius 3 is 2.68 bits per heavy atom. The Bertz CT molecular complexity index is 576. The second-order valence-electron chi connectivity index (χ2n) is 3.58. The summed E-state index contributed by atoms with van der Waals surface area (Å²) in [6, 6.07) is 1.17. The van der Waals surface area contributed by atoms with Crippen LogP contribution in [0, 0.1) is 33.6 Å². The molecule has 19 heavy (non-hydrogen) atoms. The SMILES string of the molecule is CC(=O)NCCC#Cc1cc(F)c([N+](=O)[O-])cc1F. The van der Waals surface area contributed by atoms with Gasteiger partial charge in [0.25, 0.3) is 0 Å². The van der Waals surface area contributed by atoms with Gasteiger partial charge in [-0.15, -0.1) is 0 Å². The number of halogens is 2. The summed E-state index contributed by atoms with van der Waals surface area (Å²) in [6.45, 7) is 1.64. The van der Waals surface area contributed by atoms with Crippen LogP contribution in [0.3, 0.4) is 0 Å². The molecule has 0 fully saturated rings. The molecule has 0 aliphatic rings. The highest BCUT2D eigenvalue weighted by Crippen LogP contribution is 2.20. The van der Waals surface area contributed by atoms with Crippen LogP contribution >= 0.6 is 0 Å². The summed E-state index contributed by atoms with van der Waals surface area (Å²) in [5.41, 5.74) is -1.19. The molecule has 0 saturated heterocycles. The van der Waals surface area contributed by atoms with E-state index in [9.17, 15) is 23.7 Å². The highest BCUT2D eigenvalue weighted by atomic mass is 19.1. The summed E-state index contributed by atoms with van der Waals surface area (Å²) < 4.78 is 26.6. The Morgan fingerprint density at radius 2 is 2.11 bits per heavy atom. The van der Waals surface area contributed by atoms with Crippen molar-refractivity contribution in [1.29, 1.82) is 0 Å². The van der Waals surface area contributed by atoms with Crippen molar-refractivity contribution in [2.24, 2.45) is 0 Å². The van der Waals surface area contributed by atoms with Crippen LogP contribution in [0.25, 0.3) is 0 Å². The number of nitro benzene ring substituents is 1. The van der Waals surface area contributed by atoms with Gasteiger partial charge in [-0.05, 0) is 6.07 Å². The third-order valence-corrected chi connectivity index (χ3v) is 2.08. The third-order valence-electron chi connectivity index (χ3n) is 2.08. The normalized spacial score (nSPS) is 9.42. The van der Waals surface area contributed by atoms with Crippen molar-refractivity contribution < 1.29 is 18.5 Å².